The van der Waals surface area contributed by atoms with E-state index in [0.717, 1.165) is 16.6 Å². The van der Waals surface area contributed by atoms with Gasteiger partial charge in [0.25, 0.3) is 0 Å². The second-order valence-electron chi connectivity index (χ2n) is 8.97. The first-order chi connectivity index (χ1) is 14.0. The SMILES string of the molecule is C=CC(=O)[C@H](Cc1cccc2oc(-c3ccc(Cl)cc3)nc12)O[Si](C)(C)C(C)(C)C. The lowest BCUT2D eigenvalue weighted by atomic mass is 10.0. The predicted octanol–water partition coefficient (Wildman–Crippen LogP) is 6.84. The number of halogens is 1. The number of para-hydroxylation sites is 1. The number of nitrogens with zero attached hydrogens (tertiary/aromatic N) is 1. The number of ketones is 1. The Bertz CT molecular complexity index is 1060. The molecule has 3 rings (SSSR count). The van der Waals surface area contributed by atoms with Crippen LogP contribution in [0.1, 0.15) is 26.3 Å². The molecule has 0 unspecified atom stereocenters. The number of hydrogen-bond donors (Lipinski definition) is 0. The third-order valence-corrected chi connectivity index (χ3v) is 10.5. The van der Waals surface area contributed by atoms with E-state index in [9.17, 15) is 4.79 Å². The summed E-state index contributed by atoms with van der Waals surface area (Å²) < 4.78 is 12.4. The van der Waals surface area contributed by atoms with E-state index in [0.29, 0.717) is 22.9 Å². The Morgan fingerprint density at radius 2 is 1.90 bits per heavy atom. The summed E-state index contributed by atoms with van der Waals surface area (Å²) in [6, 6.07) is 13.1. The number of hydrogen-bond acceptors (Lipinski definition) is 4. The summed E-state index contributed by atoms with van der Waals surface area (Å²) in [5, 5.41) is 0.651. The average Bonchev–Trinajstić information content (AvgIpc) is 3.11. The normalized spacial score (nSPS) is 13.4. The largest absolute Gasteiger partial charge is 0.436 e. The van der Waals surface area contributed by atoms with Gasteiger partial charge in [0.2, 0.25) is 5.89 Å². The van der Waals surface area contributed by atoms with Crippen LogP contribution in [-0.2, 0) is 15.6 Å². The monoisotopic (exact) mass is 441 g/mol. The van der Waals surface area contributed by atoms with Gasteiger partial charge >= 0.3 is 0 Å². The lowest BCUT2D eigenvalue weighted by molar-refractivity contribution is -0.121. The molecule has 0 saturated heterocycles. The maximum absolute atomic E-state index is 12.6. The summed E-state index contributed by atoms with van der Waals surface area (Å²) in [6.07, 6.45) is 1.17. The molecule has 0 aliphatic carbocycles. The Morgan fingerprint density at radius 3 is 2.50 bits per heavy atom. The fraction of sp³-hybridized carbons (Fsp3) is 0.333. The highest BCUT2D eigenvalue weighted by Gasteiger charge is 2.40. The second kappa shape index (κ2) is 8.50. The highest BCUT2D eigenvalue weighted by atomic mass is 35.5. The van der Waals surface area contributed by atoms with Crippen LogP contribution in [0.15, 0.2) is 59.5 Å². The van der Waals surface area contributed by atoms with Gasteiger partial charge in [-0.1, -0.05) is 51.1 Å². The van der Waals surface area contributed by atoms with Crippen LogP contribution in [0.4, 0.5) is 0 Å². The average molecular weight is 442 g/mol. The Hall–Kier alpha value is -2.21. The van der Waals surface area contributed by atoms with Gasteiger partial charge in [0.1, 0.15) is 11.6 Å². The van der Waals surface area contributed by atoms with Crippen LogP contribution in [0, 0.1) is 0 Å². The molecule has 0 bridgehead atoms. The molecule has 0 fully saturated rings. The zero-order valence-electron chi connectivity index (χ0n) is 18.2. The van der Waals surface area contributed by atoms with Crippen molar-refractivity contribution in [2.24, 2.45) is 0 Å². The van der Waals surface area contributed by atoms with Gasteiger partial charge in [-0.05, 0) is 60.1 Å². The highest BCUT2D eigenvalue weighted by molar-refractivity contribution is 6.74. The van der Waals surface area contributed by atoms with Gasteiger partial charge < -0.3 is 8.84 Å². The first kappa shape index (κ1) is 22.5. The summed E-state index contributed by atoms with van der Waals surface area (Å²) in [7, 11) is -2.15. The molecule has 30 heavy (non-hydrogen) atoms. The smallest absolute Gasteiger partial charge is 0.227 e. The number of aromatic nitrogens is 1. The molecule has 1 heterocycles. The van der Waals surface area contributed by atoms with E-state index < -0.39 is 14.4 Å². The molecule has 4 nitrogen and oxygen atoms in total. The van der Waals surface area contributed by atoms with Crippen LogP contribution in [0.3, 0.4) is 0 Å². The van der Waals surface area contributed by atoms with Gasteiger partial charge in [-0.15, -0.1) is 0 Å². The van der Waals surface area contributed by atoms with Crippen LogP contribution < -0.4 is 0 Å². The molecule has 158 valence electrons. The number of carbonyl (C=O) groups excluding carboxylic acids is 1. The van der Waals surface area contributed by atoms with Crippen LogP contribution in [0.5, 0.6) is 0 Å². The molecule has 0 saturated carbocycles. The molecule has 0 amide bonds. The quantitative estimate of drug-likeness (QED) is 0.297. The fourth-order valence-electron chi connectivity index (χ4n) is 2.95. The van der Waals surface area contributed by atoms with Gasteiger partial charge in [-0.2, -0.15) is 0 Å². The van der Waals surface area contributed by atoms with E-state index in [1.807, 2.05) is 30.3 Å². The molecule has 6 heteroatoms. The lowest BCUT2D eigenvalue weighted by Gasteiger charge is -2.38. The van der Waals surface area contributed by atoms with E-state index in [1.165, 1.54) is 6.08 Å². The molecule has 0 aliphatic rings. The highest BCUT2D eigenvalue weighted by Crippen LogP contribution is 2.38. The van der Waals surface area contributed by atoms with Crippen LogP contribution in [0.2, 0.25) is 23.2 Å². The number of benzene rings is 2. The topological polar surface area (TPSA) is 52.3 Å². The molecule has 3 aromatic rings. The van der Waals surface area contributed by atoms with Gasteiger partial charge in [0.15, 0.2) is 19.7 Å². The summed E-state index contributed by atoms with van der Waals surface area (Å²) >= 11 is 5.99. The maximum atomic E-state index is 12.6. The minimum atomic E-state index is -2.15. The van der Waals surface area contributed by atoms with Gasteiger partial charge in [-0.25, -0.2) is 4.98 Å². The molecule has 1 atom stereocenters. The zero-order chi connectivity index (χ0) is 22.1. The first-order valence-corrected chi connectivity index (χ1v) is 13.3. The minimum absolute atomic E-state index is 0.00560. The van der Waals surface area contributed by atoms with Gasteiger partial charge in [0, 0.05) is 17.0 Å². The van der Waals surface area contributed by atoms with Crippen molar-refractivity contribution < 1.29 is 13.6 Å². The number of fused-ring (bicyclic) bond motifs is 1. The summed E-state index contributed by atoms with van der Waals surface area (Å²) in [4.78, 5) is 17.3. The molecular formula is C24H28ClNO3Si. The maximum Gasteiger partial charge on any atom is 0.227 e. The number of carbonyl (C=O) groups is 1. The molecular weight excluding hydrogens is 414 g/mol. The standard InChI is InChI=1S/C24H28ClNO3Si/c1-7-19(27)21(29-30(5,6)24(2,3)4)15-17-9-8-10-20-22(17)26-23(28-20)16-11-13-18(25)14-12-16/h7-14,21H,1,15H2,2-6H3/t21-/m0/s1. The van der Waals surface area contributed by atoms with Crippen LogP contribution >= 0.6 is 11.6 Å². The molecule has 0 radical (unpaired) electrons. The van der Waals surface area contributed by atoms with E-state index in [2.05, 4.69) is 40.4 Å². The van der Waals surface area contributed by atoms with Crippen molar-refractivity contribution >= 4 is 36.8 Å². The van der Waals surface area contributed by atoms with Crippen molar-refractivity contribution in [1.29, 1.82) is 0 Å². The van der Waals surface area contributed by atoms with Crippen molar-refractivity contribution in [3.63, 3.8) is 0 Å². The predicted molar refractivity (Wildman–Crippen MR) is 125 cm³/mol. The number of oxazole rings is 1. The van der Waals surface area contributed by atoms with Crippen molar-refractivity contribution in [2.45, 2.75) is 51.4 Å². The molecule has 0 aliphatic heterocycles. The molecule has 1 aromatic heterocycles. The van der Waals surface area contributed by atoms with E-state index in [1.54, 1.807) is 12.1 Å². The number of rotatable bonds is 7. The van der Waals surface area contributed by atoms with E-state index >= 15 is 0 Å². The van der Waals surface area contributed by atoms with Crippen molar-refractivity contribution in [2.75, 3.05) is 0 Å². The molecule has 0 N–H and O–H groups in total. The Labute approximate surface area is 184 Å². The fourth-order valence-corrected chi connectivity index (χ4v) is 4.34. The van der Waals surface area contributed by atoms with E-state index in [4.69, 9.17) is 25.4 Å². The second-order valence-corrected chi connectivity index (χ2v) is 14.2. The molecule has 2 aromatic carbocycles. The summed E-state index contributed by atoms with van der Waals surface area (Å²) in [5.74, 6) is 0.407. The van der Waals surface area contributed by atoms with Crippen molar-refractivity contribution in [3.05, 3.63) is 65.7 Å². The minimum Gasteiger partial charge on any atom is -0.436 e. The lowest BCUT2D eigenvalue weighted by Crippen LogP contribution is -2.46. The Balaban J connectivity index is 1.96. The van der Waals surface area contributed by atoms with Gasteiger partial charge in [-0.3, -0.25) is 4.79 Å². The molecule has 0 spiro atoms. The third kappa shape index (κ3) is 4.74. The summed E-state index contributed by atoms with van der Waals surface area (Å²) in [5.41, 5.74) is 3.17. The van der Waals surface area contributed by atoms with Crippen LogP contribution in [-0.4, -0.2) is 25.2 Å². The van der Waals surface area contributed by atoms with Crippen molar-refractivity contribution in [3.8, 4) is 11.5 Å². The Kier molecular flexibility index (Phi) is 6.36. The van der Waals surface area contributed by atoms with Gasteiger partial charge in [0.05, 0.1) is 0 Å². The first-order valence-electron chi connectivity index (χ1n) is 10.0. The zero-order valence-corrected chi connectivity index (χ0v) is 19.9. The third-order valence-electron chi connectivity index (χ3n) is 5.76. The Morgan fingerprint density at radius 1 is 1.23 bits per heavy atom. The van der Waals surface area contributed by atoms with Crippen molar-refractivity contribution in [1.82, 2.24) is 4.98 Å². The summed E-state index contributed by atoms with van der Waals surface area (Å²) in [6.45, 7) is 14.4. The van der Waals surface area contributed by atoms with Crippen LogP contribution in [0.25, 0.3) is 22.6 Å². The van der Waals surface area contributed by atoms with E-state index in [-0.39, 0.29) is 10.8 Å².